The van der Waals surface area contributed by atoms with Gasteiger partial charge in [-0.15, -0.1) is 11.3 Å². The maximum atomic E-state index is 6.36. The Hall–Kier alpha value is -2.63. The number of fused-ring (bicyclic) bond motifs is 1. The number of hydrogen-bond donors (Lipinski definition) is 0. The normalized spacial score (nSPS) is 14.5. The molecule has 2 aromatic heterocycles. The summed E-state index contributed by atoms with van der Waals surface area (Å²) in [6.07, 6.45) is 0. The van der Waals surface area contributed by atoms with Gasteiger partial charge >= 0.3 is 0 Å². The molecule has 2 aromatic carbocycles. The summed E-state index contributed by atoms with van der Waals surface area (Å²) >= 11 is 8.00. The van der Waals surface area contributed by atoms with Crippen LogP contribution in [0.2, 0.25) is 5.28 Å². The molecule has 4 nitrogen and oxygen atoms in total. The lowest BCUT2D eigenvalue weighted by atomic mass is 9.99. The van der Waals surface area contributed by atoms with Crippen LogP contribution in [0.3, 0.4) is 0 Å². The van der Waals surface area contributed by atoms with Gasteiger partial charge in [0.05, 0.1) is 5.39 Å². The third kappa shape index (κ3) is 4.20. The molecule has 0 saturated carbocycles. The molecule has 1 saturated heterocycles. The van der Waals surface area contributed by atoms with Crippen LogP contribution in [0.25, 0.3) is 21.3 Å². The van der Waals surface area contributed by atoms with Gasteiger partial charge in [-0.25, -0.2) is 4.98 Å². The summed E-state index contributed by atoms with van der Waals surface area (Å²) in [6.45, 7) is 12.6. The van der Waals surface area contributed by atoms with Crippen LogP contribution >= 0.6 is 22.9 Å². The average molecular weight is 477 g/mol. The fourth-order valence-corrected chi connectivity index (χ4v) is 5.78. The molecule has 0 aliphatic carbocycles. The fraction of sp³-hybridized carbons (Fsp3) is 0.333. The van der Waals surface area contributed by atoms with E-state index in [1.54, 1.807) is 11.3 Å². The second kappa shape index (κ2) is 8.96. The molecule has 170 valence electrons. The van der Waals surface area contributed by atoms with Gasteiger partial charge in [0.25, 0.3) is 0 Å². The van der Waals surface area contributed by atoms with Crippen molar-refractivity contribution in [1.82, 2.24) is 9.97 Å². The Kier molecular flexibility index (Phi) is 6.02. The number of nitrogens with zero attached hydrogens (tertiary/aromatic N) is 4. The van der Waals surface area contributed by atoms with Crippen LogP contribution in [-0.2, 0) is 0 Å². The van der Waals surface area contributed by atoms with E-state index in [1.807, 2.05) is 0 Å². The van der Waals surface area contributed by atoms with Crippen molar-refractivity contribution in [3.05, 3.63) is 69.8 Å². The van der Waals surface area contributed by atoms with Crippen LogP contribution in [0, 0.1) is 13.8 Å². The van der Waals surface area contributed by atoms with E-state index < -0.39 is 0 Å². The van der Waals surface area contributed by atoms with Gasteiger partial charge in [0.2, 0.25) is 5.28 Å². The number of aryl methyl sites for hydroxylation is 1. The number of piperazine rings is 1. The Labute approximate surface area is 204 Å². The number of thiophene rings is 1. The second-order valence-corrected chi connectivity index (χ2v) is 10.3. The number of aromatic nitrogens is 2. The van der Waals surface area contributed by atoms with Gasteiger partial charge in [0, 0.05) is 42.8 Å². The minimum Gasteiger partial charge on any atom is -0.368 e. The van der Waals surface area contributed by atoms with E-state index in [2.05, 4.69) is 90.3 Å². The molecule has 33 heavy (non-hydrogen) atoms. The quantitative estimate of drug-likeness (QED) is 0.294. The van der Waals surface area contributed by atoms with E-state index in [0.717, 1.165) is 42.2 Å². The summed E-state index contributed by atoms with van der Waals surface area (Å²) in [5.74, 6) is 1.47. The Morgan fingerprint density at radius 1 is 0.909 bits per heavy atom. The first-order valence-corrected chi connectivity index (χ1v) is 12.8. The monoisotopic (exact) mass is 476 g/mol. The zero-order valence-corrected chi connectivity index (χ0v) is 21.2. The number of hydrogen-bond acceptors (Lipinski definition) is 5. The van der Waals surface area contributed by atoms with E-state index in [0.29, 0.717) is 11.2 Å². The standard InChI is InChI=1S/C27H29ClN4S/c1-17(2)20-8-10-21(11-9-20)22-16-33-26-24(22)25(29-27(28)30-26)32-14-12-31(13-15-32)23-7-5-6-18(3)19(23)4/h5-11,16-17H,12-15H2,1-4H3. The third-order valence-corrected chi connectivity index (χ3v) is 7.81. The first-order valence-electron chi connectivity index (χ1n) is 11.5. The third-order valence-electron chi connectivity index (χ3n) is 6.77. The Balaban J connectivity index is 1.47. The molecule has 5 rings (SSSR count). The molecule has 0 atom stereocenters. The fourth-order valence-electron chi connectivity index (χ4n) is 4.62. The molecule has 1 aliphatic rings. The maximum Gasteiger partial charge on any atom is 0.225 e. The first-order chi connectivity index (χ1) is 15.9. The van der Waals surface area contributed by atoms with Crippen molar-refractivity contribution in [1.29, 1.82) is 0 Å². The molecule has 4 aromatic rings. The lowest BCUT2D eigenvalue weighted by Crippen LogP contribution is -2.47. The van der Waals surface area contributed by atoms with Gasteiger partial charge in [-0.1, -0.05) is 50.2 Å². The summed E-state index contributed by atoms with van der Waals surface area (Å²) < 4.78 is 0. The van der Waals surface area contributed by atoms with Crippen LogP contribution in [0.1, 0.15) is 36.5 Å². The van der Waals surface area contributed by atoms with Crippen molar-refractivity contribution < 1.29 is 0 Å². The van der Waals surface area contributed by atoms with E-state index >= 15 is 0 Å². The van der Waals surface area contributed by atoms with E-state index in [9.17, 15) is 0 Å². The van der Waals surface area contributed by atoms with Gasteiger partial charge in [0.1, 0.15) is 10.6 Å². The molecular formula is C27H29ClN4S. The van der Waals surface area contributed by atoms with Gasteiger partial charge < -0.3 is 9.80 Å². The molecule has 1 aliphatic heterocycles. The van der Waals surface area contributed by atoms with Gasteiger partial charge in [0.15, 0.2) is 0 Å². The highest BCUT2D eigenvalue weighted by Gasteiger charge is 2.24. The lowest BCUT2D eigenvalue weighted by molar-refractivity contribution is 0.647. The number of benzene rings is 2. The van der Waals surface area contributed by atoms with Gasteiger partial charge in [-0.3, -0.25) is 0 Å². The summed E-state index contributed by atoms with van der Waals surface area (Å²) in [5.41, 5.74) is 7.78. The Bertz CT molecular complexity index is 1290. The van der Waals surface area contributed by atoms with Crippen molar-refractivity contribution in [2.24, 2.45) is 0 Å². The van der Waals surface area contributed by atoms with E-state index in [-0.39, 0.29) is 0 Å². The summed E-state index contributed by atoms with van der Waals surface area (Å²) in [5, 5.41) is 3.62. The molecule has 0 unspecified atom stereocenters. The molecule has 1 fully saturated rings. The largest absolute Gasteiger partial charge is 0.368 e. The zero-order valence-electron chi connectivity index (χ0n) is 19.6. The highest BCUT2D eigenvalue weighted by molar-refractivity contribution is 7.17. The molecular weight excluding hydrogens is 448 g/mol. The molecule has 0 amide bonds. The maximum absolute atomic E-state index is 6.36. The van der Waals surface area contributed by atoms with Gasteiger partial charge in [-0.2, -0.15) is 4.98 Å². The van der Waals surface area contributed by atoms with Crippen molar-refractivity contribution in [3.63, 3.8) is 0 Å². The van der Waals surface area contributed by atoms with Crippen LogP contribution in [-0.4, -0.2) is 36.1 Å². The molecule has 0 spiro atoms. The average Bonchev–Trinajstić information content (AvgIpc) is 3.24. The van der Waals surface area contributed by atoms with Crippen molar-refractivity contribution >= 4 is 44.7 Å². The minimum absolute atomic E-state index is 0.318. The van der Waals surface area contributed by atoms with Crippen LogP contribution in [0.5, 0.6) is 0 Å². The lowest BCUT2D eigenvalue weighted by Gasteiger charge is -2.38. The first kappa shape index (κ1) is 22.2. The molecule has 0 radical (unpaired) electrons. The number of anilines is 2. The Morgan fingerprint density at radius 2 is 1.61 bits per heavy atom. The smallest absolute Gasteiger partial charge is 0.225 e. The Morgan fingerprint density at radius 3 is 2.30 bits per heavy atom. The van der Waals surface area contributed by atoms with E-state index in [4.69, 9.17) is 16.6 Å². The minimum atomic E-state index is 0.318. The molecule has 0 bridgehead atoms. The second-order valence-electron chi connectivity index (χ2n) is 9.12. The summed E-state index contributed by atoms with van der Waals surface area (Å²) in [4.78, 5) is 15.1. The van der Waals surface area contributed by atoms with Crippen molar-refractivity contribution in [3.8, 4) is 11.1 Å². The van der Waals surface area contributed by atoms with Crippen LogP contribution < -0.4 is 9.80 Å². The van der Waals surface area contributed by atoms with Crippen LogP contribution in [0.4, 0.5) is 11.5 Å². The topological polar surface area (TPSA) is 32.3 Å². The summed E-state index contributed by atoms with van der Waals surface area (Å²) in [7, 11) is 0. The summed E-state index contributed by atoms with van der Waals surface area (Å²) in [6, 6.07) is 15.4. The molecule has 6 heteroatoms. The zero-order chi connectivity index (χ0) is 23.1. The van der Waals surface area contributed by atoms with Crippen molar-refractivity contribution in [2.45, 2.75) is 33.6 Å². The van der Waals surface area contributed by atoms with Crippen LogP contribution in [0.15, 0.2) is 47.8 Å². The SMILES string of the molecule is Cc1cccc(N2CCN(c3nc(Cl)nc4scc(-c5ccc(C(C)C)cc5)c34)CC2)c1C. The van der Waals surface area contributed by atoms with Gasteiger partial charge in [-0.05, 0) is 59.7 Å². The molecule has 0 N–H and O–H groups in total. The number of rotatable bonds is 4. The van der Waals surface area contributed by atoms with E-state index in [1.165, 1.54) is 33.5 Å². The number of halogens is 1. The highest BCUT2D eigenvalue weighted by atomic mass is 35.5. The molecule has 3 heterocycles. The van der Waals surface area contributed by atoms with Crippen molar-refractivity contribution in [2.75, 3.05) is 36.0 Å². The predicted octanol–water partition coefficient (Wildman–Crippen LogP) is 7.08. The highest BCUT2D eigenvalue weighted by Crippen LogP contribution is 2.39. The predicted molar refractivity (Wildman–Crippen MR) is 142 cm³/mol.